The first kappa shape index (κ1) is 41.3. The molecular weight excluding hydrogens is 520 g/mol. The van der Waals surface area contributed by atoms with Crippen LogP contribution in [0.25, 0.3) is 0 Å². The molecule has 2 N–H and O–H groups in total. The Hall–Kier alpha value is -2.88. The maximum atomic E-state index is 10.3. The Balaban J connectivity index is 0. The van der Waals surface area contributed by atoms with Crippen molar-refractivity contribution in [2.45, 2.75) is 142 Å². The van der Waals surface area contributed by atoms with Crippen molar-refractivity contribution in [2.24, 2.45) is 0 Å². The topological polar surface area (TPSA) is 74.6 Å². The van der Waals surface area contributed by atoms with Crippen molar-refractivity contribution in [2.75, 3.05) is 0 Å². The van der Waals surface area contributed by atoms with Gasteiger partial charge >= 0.3 is 11.9 Å². The third-order valence-corrected chi connectivity index (χ3v) is 6.25. The van der Waals surface area contributed by atoms with Crippen LogP contribution >= 0.6 is 0 Å². The Bertz CT molecular complexity index is 796. The molecule has 0 atom stereocenters. The zero-order valence-electron chi connectivity index (χ0n) is 26.9. The van der Waals surface area contributed by atoms with E-state index in [4.69, 9.17) is 10.2 Å². The molecule has 0 aliphatic carbocycles. The molecule has 4 heteroatoms. The molecule has 238 valence electrons. The SMILES string of the molecule is CCCCC/C=C\C/C=C\C/C=C\C/C=C\CCCC(=O)O.CCCCCC=CCC=CCC=CCCCCC(=O)O. The van der Waals surface area contributed by atoms with Gasteiger partial charge in [0.2, 0.25) is 0 Å². The second kappa shape index (κ2) is 38.1. The molecule has 4 nitrogen and oxygen atoms in total. The van der Waals surface area contributed by atoms with Gasteiger partial charge in [0, 0.05) is 12.8 Å². The number of unbranched alkanes of at least 4 members (excludes halogenated alkanes) is 9. The standard InChI is InChI=1S/C20H32O2.C18H30O2/c1-2-3-4-5-6-7-8-9-10-11-12-13-14-15-16-17-18-19-20(21)22;1-2-3-4-5-6-7-8-9-10-11-12-13-14-15-16-17-18(19)20/h6-7,9-10,12-13,15-16H,2-5,8,11,14,17-19H2,1H3,(H,21,22);6-7,9-10,12-13H,2-5,8,11,14-17H2,1H3,(H,19,20)/b7-6-,10-9-,13-12-,16-15-;. The summed E-state index contributed by atoms with van der Waals surface area (Å²) < 4.78 is 0. The lowest BCUT2D eigenvalue weighted by molar-refractivity contribution is -0.138. The third kappa shape index (κ3) is 44.1. The molecule has 0 aliphatic rings. The van der Waals surface area contributed by atoms with Gasteiger partial charge in [-0.05, 0) is 89.9 Å². The van der Waals surface area contributed by atoms with Crippen LogP contribution in [-0.2, 0) is 9.59 Å². The molecule has 0 rings (SSSR count). The molecule has 0 aromatic carbocycles. The first-order valence-corrected chi connectivity index (χ1v) is 16.5. The van der Waals surface area contributed by atoms with E-state index in [1.165, 1.54) is 51.4 Å². The number of hydrogen-bond acceptors (Lipinski definition) is 2. The van der Waals surface area contributed by atoms with E-state index in [9.17, 15) is 9.59 Å². The largest absolute Gasteiger partial charge is 0.481 e. The number of allylic oxidation sites excluding steroid dienone is 14. The molecule has 0 amide bonds. The van der Waals surface area contributed by atoms with Crippen LogP contribution in [0.5, 0.6) is 0 Å². The Kier molecular flexibility index (Phi) is 37.4. The summed E-state index contributed by atoms with van der Waals surface area (Å²) in [6.45, 7) is 4.46. The normalized spacial score (nSPS) is 12.2. The van der Waals surface area contributed by atoms with Gasteiger partial charge in [-0.1, -0.05) is 125 Å². The van der Waals surface area contributed by atoms with Crippen molar-refractivity contribution < 1.29 is 19.8 Å². The summed E-state index contributed by atoms with van der Waals surface area (Å²) in [5.74, 6) is -1.41. The third-order valence-electron chi connectivity index (χ3n) is 6.25. The molecule has 0 fully saturated rings. The second-order valence-electron chi connectivity index (χ2n) is 10.4. The smallest absolute Gasteiger partial charge is 0.303 e. The Morgan fingerprint density at radius 1 is 0.381 bits per heavy atom. The Morgan fingerprint density at radius 2 is 0.643 bits per heavy atom. The van der Waals surface area contributed by atoms with E-state index < -0.39 is 11.9 Å². The monoisotopic (exact) mass is 582 g/mol. The highest BCUT2D eigenvalue weighted by atomic mass is 16.4. The summed E-state index contributed by atoms with van der Waals surface area (Å²) in [5.41, 5.74) is 0. The van der Waals surface area contributed by atoms with E-state index in [1.54, 1.807) is 0 Å². The molecule has 0 aromatic heterocycles. The van der Waals surface area contributed by atoms with E-state index in [1.807, 2.05) is 0 Å². The van der Waals surface area contributed by atoms with Gasteiger partial charge in [-0.15, -0.1) is 0 Å². The lowest BCUT2D eigenvalue weighted by atomic mass is 10.2. The molecule has 42 heavy (non-hydrogen) atoms. The number of carboxylic acids is 2. The number of aliphatic carboxylic acids is 2. The van der Waals surface area contributed by atoms with Crippen LogP contribution < -0.4 is 0 Å². The molecule has 0 radical (unpaired) electrons. The fraction of sp³-hybridized carbons (Fsp3) is 0.579. The second-order valence-corrected chi connectivity index (χ2v) is 10.4. The average molecular weight is 583 g/mol. The molecule has 0 spiro atoms. The predicted molar refractivity (Wildman–Crippen MR) is 183 cm³/mol. The summed E-state index contributed by atoms with van der Waals surface area (Å²) in [4.78, 5) is 20.6. The molecular formula is C38H62O4. The van der Waals surface area contributed by atoms with Gasteiger partial charge < -0.3 is 10.2 Å². The van der Waals surface area contributed by atoms with Crippen molar-refractivity contribution >= 4 is 11.9 Å². The average Bonchev–Trinajstić information content (AvgIpc) is 2.97. The minimum absolute atomic E-state index is 0.262. The maximum Gasteiger partial charge on any atom is 0.303 e. The summed E-state index contributed by atoms with van der Waals surface area (Å²) in [5, 5.41) is 17.0. The van der Waals surface area contributed by atoms with Gasteiger partial charge in [0.15, 0.2) is 0 Å². The molecule has 0 bridgehead atoms. The van der Waals surface area contributed by atoms with E-state index >= 15 is 0 Å². The van der Waals surface area contributed by atoms with E-state index in [0.29, 0.717) is 6.42 Å². The predicted octanol–water partition coefficient (Wildman–Crippen LogP) is 11.9. The molecule has 0 aromatic rings. The lowest BCUT2D eigenvalue weighted by Crippen LogP contribution is -1.92. The van der Waals surface area contributed by atoms with Gasteiger partial charge in [-0.3, -0.25) is 9.59 Å². The number of hydrogen-bond donors (Lipinski definition) is 2. The van der Waals surface area contributed by atoms with Crippen LogP contribution in [0.4, 0.5) is 0 Å². The minimum Gasteiger partial charge on any atom is -0.481 e. The van der Waals surface area contributed by atoms with Crippen LogP contribution in [-0.4, -0.2) is 22.2 Å². The first-order valence-electron chi connectivity index (χ1n) is 16.5. The minimum atomic E-state index is -0.712. The van der Waals surface area contributed by atoms with E-state index in [2.05, 4.69) is 98.9 Å². The summed E-state index contributed by atoms with van der Waals surface area (Å²) in [6.07, 6.45) is 50.7. The molecule has 0 aliphatic heterocycles. The molecule has 0 saturated heterocycles. The first-order chi connectivity index (χ1) is 20.5. The van der Waals surface area contributed by atoms with Gasteiger partial charge in [0.25, 0.3) is 0 Å². The molecule has 0 saturated carbocycles. The van der Waals surface area contributed by atoms with Gasteiger partial charge in [0.1, 0.15) is 0 Å². The number of rotatable bonds is 27. The highest BCUT2D eigenvalue weighted by molar-refractivity contribution is 5.66. The van der Waals surface area contributed by atoms with Crippen molar-refractivity contribution in [3.63, 3.8) is 0 Å². The zero-order valence-corrected chi connectivity index (χ0v) is 26.9. The van der Waals surface area contributed by atoms with Gasteiger partial charge in [0.05, 0.1) is 0 Å². The van der Waals surface area contributed by atoms with E-state index in [0.717, 1.165) is 64.2 Å². The molecule has 0 unspecified atom stereocenters. The Labute approximate surface area is 258 Å². The van der Waals surface area contributed by atoms with Crippen molar-refractivity contribution in [3.05, 3.63) is 85.1 Å². The van der Waals surface area contributed by atoms with Crippen LogP contribution in [0.1, 0.15) is 142 Å². The number of carbonyl (C=O) groups is 2. The van der Waals surface area contributed by atoms with Crippen LogP contribution in [0.3, 0.4) is 0 Å². The van der Waals surface area contributed by atoms with Crippen LogP contribution in [0.2, 0.25) is 0 Å². The van der Waals surface area contributed by atoms with Gasteiger partial charge in [-0.25, -0.2) is 0 Å². The lowest BCUT2D eigenvalue weighted by Gasteiger charge is -1.92. The van der Waals surface area contributed by atoms with Gasteiger partial charge in [-0.2, -0.15) is 0 Å². The number of carboxylic acid groups (broad SMARTS) is 2. The molecule has 0 heterocycles. The van der Waals surface area contributed by atoms with Crippen molar-refractivity contribution in [1.29, 1.82) is 0 Å². The van der Waals surface area contributed by atoms with E-state index in [-0.39, 0.29) is 6.42 Å². The van der Waals surface area contributed by atoms with Crippen LogP contribution in [0, 0.1) is 0 Å². The summed E-state index contributed by atoms with van der Waals surface area (Å²) in [7, 11) is 0. The Morgan fingerprint density at radius 3 is 0.952 bits per heavy atom. The zero-order chi connectivity index (χ0) is 31.2. The van der Waals surface area contributed by atoms with Crippen molar-refractivity contribution in [3.8, 4) is 0 Å². The van der Waals surface area contributed by atoms with Crippen LogP contribution in [0.15, 0.2) is 85.1 Å². The highest BCUT2D eigenvalue weighted by Gasteiger charge is 1.94. The summed E-state index contributed by atoms with van der Waals surface area (Å²) >= 11 is 0. The fourth-order valence-electron chi connectivity index (χ4n) is 3.76. The highest BCUT2D eigenvalue weighted by Crippen LogP contribution is 2.03. The van der Waals surface area contributed by atoms with Crippen molar-refractivity contribution in [1.82, 2.24) is 0 Å². The quantitative estimate of drug-likeness (QED) is 0.0746. The fourth-order valence-corrected chi connectivity index (χ4v) is 3.76. The maximum absolute atomic E-state index is 10.3. The summed E-state index contributed by atoms with van der Waals surface area (Å²) in [6, 6.07) is 0.